The molecule has 2 aromatic carbocycles. The van der Waals surface area contributed by atoms with Gasteiger partial charge < -0.3 is 9.94 Å². The molecule has 3 aromatic rings. The van der Waals surface area contributed by atoms with Gasteiger partial charge in [0.15, 0.2) is 12.0 Å². The highest BCUT2D eigenvalue weighted by Gasteiger charge is 2.22. The standard InChI is InChI=1S/C18H12N2O5/c21-18(13-6-2-1-3-7-13)14-9-10-16(15(12-14)20(23)24)25-17-8-4-5-11-19(17)22/h1-12H. The van der Waals surface area contributed by atoms with Gasteiger partial charge in [0.2, 0.25) is 5.75 Å². The first kappa shape index (κ1) is 16.1. The molecule has 7 heteroatoms. The van der Waals surface area contributed by atoms with Gasteiger partial charge in [-0.2, -0.15) is 0 Å². The molecule has 0 aliphatic carbocycles. The number of aromatic nitrogens is 1. The van der Waals surface area contributed by atoms with Gasteiger partial charge in [0.1, 0.15) is 0 Å². The van der Waals surface area contributed by atoms with E-state index in [0.717, 1.165) is 6.07 Å². The summed E-state index contributed by atoms with van der Waals surface area (Å²) in [7, 11) is 0. The number of benzene rings is 2. The molecule has 0 N–H and O–H groups in total. The molecule has 0 amide bonds. The van der Waals surface area contributed by atoms with Gasteiger partial charge in [0.05, 0.1) is 11.0 Å². The van der Waals surface area contributed by atoms with Crippen LogP contribution in [-0.4, -0.2) is 10.7 Å². The minimum atomic E-state index is -0.658. The highest BCUT2D eigenvalue weighted by Crippen LogP contribution is 2.31. The lowest BCUT2D eigenvalue weighted by molar-refractivity contribution is -0.611. The van der Waals surface area contributed by atoms with Crippen molar-refractivity contribution >= 4 is 11.5 Å². The topological polar surface area (TPSA) is 96.4 Å². The zero-order valence-corrected chi connectivity index (χ0v) is 12.9. The van der Waals surface area contributed by atoms with Crippen molar-refractivity contribution in [2.75, 3.05) is 0 Å². The minimum absolute atomic E-state index is 0.104. The summed E-state index contributed by atoms with van der Waals surface area (Å²) in [5.74, 6) is -0.563. The van der Waals surface area contributed by atoms with E-state index in [1.807, 2.05) is 0 Å². The number of ether oxygens (including phenoxy) is 1. The van der Waals surface area contributed by atoms with Crippen LogP contribution >= 0.6 is 0 Å². The van der Waals surface area contributed by atoms with Crippen LogP contribution in [0.15, 0.2) is 72.9 Å². The summed E-state index contributed by atoms with van der Waals surface area (Å²) >= 11 is 0. The van der Waals surface area contributed by atoms with Crippen LogP contribution in [0.25, 0.3) is 0 Å². The van der Waals surface area contributed by atoms with Crippen LogP contribution in [0, 0.1) is 15.3 Å². The molecule has 3 rings (SSSR count). The molecule has 0 fully saturated rings. The summed E-state index contributed by atoms with van der Waals surface area (Å²) in [6, 6.07) is 16.8. The second-order valence-corrected chi connectivity index (χ2v) is 5.10. The van der Waals surface area contributed by atoms with Crippen molar-refractivity contribution in [2.45, 2.75) is 0 Å². The molecule has 1 aromatic heterocycles. The van der Waals surface area contributed by atoms with E-state index in [2.05, 4.69) is 0 Å². The maximum absolute atomic E-state index is 12.4. The quantitative estimate of drug-likeness (QED) is 0.234. The number of ketones is 1. The van der Waals surface area contributed by atoms with Crippen LogP contribution in [0.1, 0.15) is 15.9 Å². The zero-order chi connectivity index (χ0) is 17.8. The predicted octanol–water partition coefficient (Wildman–Crippen LogP) is 3.25. The fraction of sp³-hybridized carbons (Fsp3) is 0. The number of pyridine rings is 1. The van der Waals surface area contributed by atoms with Gasteiger partial charge in [-0.25, -0.2) is 0 Å². The van der Waals surface area contributed by atoms with E-state index < -0.39 is 10.6 Å². The van der Waals surface area contributed by atoms with Crippen molar-refractivity contribution in [1.29, 1.82) is 0 Å². The van der Waals surface area contributed by atoms with Crippen molar-refractivity contribution in [1.82, 2.24) is 0 Å². The predicted molar refractivity (Wildman–Crippen MR) is 88.4 cm³/mol. The fourth-order valence-electron chi connectivity index (χ4n) is 2.25. The Hall–Kier alpha value is -3.74. The van der Waals surface area contributed by atoms with E-state index in [1.54, 1.807) is 36.4 Å². The van der Waals surface area contributed by atoms with Crippen LogP contribution < -0.4 is 9.47 Å². The SMILES string of the molecule is O=C(c1ccccc1)c1ccc(Oc2cccc[n+]2[O-])c([N+](=O)[O-])c1. The number of nitro groups is 1. The van der Waals surface area contributed by atoms with Gasteiger partial charge in [-0.15, -0.1) is 4.73 Å². The van der Waals surface area contributed by atoms with Gasteiger partial charge in [-0.1, -0.05) is 30.3 Å². The molecular formula is C18H12N2O5. The van der Waals surface area contributed by atoms with Crippen LogP contribution in [0.2, 0.25) is 0 Å². The highest BCUT2D eigenvalue weighted by atomic mass is 16.6. The molecule has 0 atom stereocenters. The monoisotopic (exact) mass is 336 g/mol. The third kappa shape index (κ3) is 3.45. The van der Waals surface area contributed by atoms with Gasteiger partial charge in [-0.05, 0) is 18.2 Å². The Morgan fingerprint density at radius 2 is 1.68 bits per heavy atom. The lowest BCUT2D eigenvalue weighted by atomic mass is 10.0. The van der Waals surface area contributed by atoms with Gasteiger partial charge >= 0.3 is 11.6 Å². The Morgan fingerprint density at radius 1 is 0.960 bits per heavy atom. The first-order chi connectivity index (χ1) is 12.1. The maximum Gasteiger partial charge on any atom is 0.385 e. The van der Waals surface area contributed by atoms with Crippen LogP contribution in [0.4, 0.5) is 5.69 Å². The summed E-state index contributed by atoms with van der Waals surface area (Å²) in [6.45, 7) is 0. The minimum Gasteiger partial charge on any atom is -0.616 e. The summed E-state index contributed by atoms with van der Waals surface area (Å²) in [5, 5.41) is 23.0. The third-order valence-electron chi connectivity index (χ3n) is 3.46. The molecule has 0 saturated heterocycles. The van der Waals surface area contributed by atoms with Crippen molar-refractivity contribution in [3.63, 3.8) is 0 Å². The number of nitrogens with zero attached hydrogens (tertiary/aromatic N) is 2. The van der Waals surface area contributed by atoms with Crippen molar-refractivity contribution in [2.24, 2.45) is 0 Å². The molecule has 0 saturated carbocycles. The van der Waals surface area contributed by atoms with Gasteiger partial charge in [0.25, 0.3) is 0 Å². The molecule has 0 aliphatic heterocycles. The maximum atomic E-state index is 12.4. The van der Waals surface area contributed by atoms with Crippen molar-refractivity contribution in [3.05, 3.63) is 99.4 Å². The highest BCUT2D eigenvalue weighted by molar-refractivity contribution is 6.09. The van der Waals surface area contributed by atoms with E-state index in [0.29, 0.717) is 10.3 Å². The van der Waals surface area contributed by atoms with Crippen molar-refractivity contribution in [3.8, 4) is 11.6 Å². The van der Waals surface area contributed by atoms with Gasteiger partial charge in [-0.3, -0.25) is 14.9 Å². The molecule has 1 heterocycles. The van der Waals surface area contributed by atoms with E-state index in [4.69, 9.17) is 4.74 Å². The number of rotatable bonds is 5. The summed E-state index contributed by atoms with van der Waals surface area (Å²) in [6.07, 6.45) is 1.22. The van der Waals surface area contributed by atoms with Crippen molar-refractivity contribution < 1.29 is 19.2 Å². The number of carbonyl (C=O) groups is 1. The lowest BCUT2D eigenvalue weighted by Crippen LogP contribution is -2.26. The van der Waals surface area contributed by atoms with Gasteiger partial charge in [0, 0.05) is 23.3 Å². The molecule has 0 spiro atoms. The van der Waals surface area contributed by atoms with Crippen LogP contribution in [0.5, 0.6) is 11.6 Å². The number of hydrogen-bond donors (Lipinski definition) is 0. The number of hydrogen-bond acceptors (Lipinski definition) is 5. The molecule has 0 unspecified atom stereocenters. The molecule has 7 nitrogen and oxygen atoms in total. The number of nitro benzene ring substituents is 1. The lowest BCUT2D eigenvalue weighted by Gasteiger charge is -2.07. The molecule has 25 heavy (non-hydrogen) atoms. The average Bonchev–Trinajstić information content (AvgIpc) is 2.64. The van der Waals surface area contributed by atoms with Crippen LogP contribution in [0.3, 0.4) is 0 Å². The second-order valence-electron chi connectivity index (χ2n) is 5.10. The Labute approximate surface area is 142 Å². The average molecular weight is 336 g/mol. The fourth-order valence-corrected chi connectivity index (χ4v) is 2.25. The van der Waals surface area contributed by atoms with E-state index in [9.17, 15) is 20.1 Å². The first-order valence-electron chi connectivity index (χ1n) is 7.30. The van der Waals surface area contributed by atoms with E-state index in [-0.39, 0.29) is 23.0 Å². The molecule has 124 valence electrons. The summed E-state index contributed by atoms with van der Waals surface area (Å²) in [5.41, 5.74) is 0.185. The Morgan fingerprint density at radius 3 is 2.36 bits per heavy atom. The molecule has 0 radical (unpaired) electrons. The number of carbonyl (C=O) groups excluding carboxylic acids is 1. The normalized spacial score (nSPS) is 10.2. The molecule has 0 aliphatic rings. The Bertz CT molecular complexity index is 941. The Balaban J connectivity index is 1.98. The van der Waals surface area contributed by atoms with E-state index >= 15 is 0 Å². The largest absolute Gasteiger partial charge is 0.616 e. The summed E-state index contributed by atoms with van der Waals surface area (Å²) in [4.78, 5) is 23.1. The second kappa shape index (κ2) is 6.79. The van der Waals surface area contributed by atoms with E-state index in [1.165, 1.54) is 30.5 Å². The zero-order valence-electron chi connectivity index (χ0n) is 12.9. The van der Waals surface area contributed by atoms with Crippen LogP contribution in [-0.2, 0) is 0 Å². The molecule has 0 bridgehead atoms. The molecular weight excluding hydrogens is 324 g/mol. The summed E-state index contributed by atoms with van der Waals surface area (Å²) < 4.78 is 5.79. The first-order valence-corrected chi connectivity index (χ1v) is 7.30. The smallest absolute Gasteiger partial charge is 0.385 e. The third-order valence-corrected chi connectivity index (χ3v) is 3.46. The Kier molecular flexibility index (Phi) is 4.38.